The van der Waals surface area contributed by atoms with Crippen molar-refractivity contribution in [2.75, 3.05) is 20.2 Å². The van der Waals surface area contributed by atoms with Crippen molar-refractivity contribution >= 4 is 22.1 Å². The molecule has 150 valence electrons. The van der Waals surface area contributed by atoms with Crippen molar-refractivity contribution in [3.63, 3.8) is 0 Å². The molecule has 0 saturated carbocycles. The van der Waals surface area contributed by atoms with Crippen LogP contribution in [0.15, 0.2) is 52.5 Å². The largest absolute Gasteiger partial charge is 0.504 e. The lowest BCUT2D eigenvalue weighted by Crippen LogP contribution is -2.30. The van der Waals surface area contributed by atoms with Crippen LogP contribution in [0.2, 0.25) is 0 Å². The molecule has 0 atom stereocenters. The molecule has 2 N–H and O–H groups in total. The summed E-state index contributed by atoms with van der Waals surface area (Å²) in [5.74, 6) is -0.273. The maximum Gasteiger partial charge on any atom is 0.271 e. The number of phenolic OH excluding ortho intramolecular Hbond substituents is 1. The third-order valence-corrected chi connectivity index (χ3v) is 6.07. The highest BCUT2D eigenvalue weighted by Crippen LogP contribution is 2.25. The fourth-order valence-corrected chi connectivity index (χ4v) is 4.03. The Morgan fingerprint density at radius 3 is 2.54 bits per heavy atom. The number of hydrazone groups is 1. The monoisotopic (exact) mass is 405 g/mol. The standard InChI is InChI=1S/C19H23N3O5S/c1-4-22(5-2)28(25,26)16-8-6-7-15(12-16)19(24)21-20-13-14-9-10-18(27-3)17(23)11-14/h6-13,23H,4-5H2,1-3H3,(H,21,24)/b20-13-. The van der Waals surface area contributed by atoms with Crippen LogP contribution >= 0.6 is 0 Å². The number of nitrogens with one attached hydrogen (secondary N) is 1. The van der Waals surface area contributed by atoms with Crippen molar-refractivity contribution < 1.29 is 23.1 Å². The minimum absolute atomic E-state index is 0.0490. The summed E-state index contributed by atoms with van der Waals surface area (Å²) < 4.78 is 31.4. The van der Waals surface area contributed by atoms with Crippen LogP contribution in [0.4, 0.5) is 0 Å². The van der Waals surface area contributed by atoms with Crippen molar-refractivity contribution in [2.24, 2.45) is 5.10 Å². The van der Waals surface area contributed by atoms with Crippen LogP contribution in [0.3, 0.4) is 0 Å². The van der Waals surface area contributed by atoms with Crippen molar-refractivity contribution in [1.29, 1.82) is 0 Å². The van der Waals surface area contributed by atoms with Gasteiger partial charge >= 0.3 is 0 Å². The third kappa shape index (κ3) is 4.87. The van der Waals surface area contributed by atoms with Crippen molar-refractivity contribution in [2.45, 2.75) is 18.7 Å². The third-order valence-electron chi connectivity index (χ3n) is 4.02. The predicted octanol–water partition coefficient (Wildman–Crippen LogP) is 2.20. The lowest BCUT2D eigenvalue weighted by molar-refractivity contribution is 0.0955. The highest BCUT2D eigenvalue weighted by atomic mass is 32.2. The van der Waals surface area contributed by atoms with E-state index in [-0.39, 0.29) is 16.2 Å². The number of methoxy groups -OCH3 is 1. The summed E-state index contributed by atoms with van der Waals surface area (Å²) in [6.45, 7) is 4.19. The smallest absolute Gasteiger partial charge is 0.271 e. The average molecular weight is 405 g/mol. The van der Waals surface area contributed by atoms with E-state index in [1.54, 1.807) is 26.0 Å². The Labute approximate surface area is 164 Å². The molecule has 0 radical (unpaired) electrons. The Bertz CT molecular complexity index is 969. The molecule has 0 aliphatic carbocycles. The average Bonchev–Trinajstić information content (AvgIpc) is 2.69. The SMILES string of the molecule is CCN(CC)S(=O)(=O)c1cccc(C(=O)N/N=C\c2ccc(OC)c(O)c2)c1. The normalized spacial score (nSPS) is 11.7. The number of nitrogens with zero attached hydrogens (tertiary/aromatic N) is 2. The van der Waals surface area contributed by atoms with E-state index < -0.39 is 15.9 Å². The molecule has 2 aromatic rings. The van der Waals surface area contributed by atoms with E-state index in [9.17, 15) is 18.3 Å². The van der Waals surface area contributed by atoms with E-state index in [4.69, 9.17) is 4.74 Å². The number of benzene rings is 2. The van der Waals surface area contributed by atoms with Gasteiger partial charge in [-0.25, -0.2) is 13.8 Å². The first-order valence-electron chi connectivity index (χ1n) is 8.64. The molecular formula is C19H23N3O5S. The maximum absolute atomic E-state index is 12.6. The lowest BCUT2D eigenvalue weighted by Gasteiger charge is -2.18. The molecule has 2 aromatic carbocycles. The molecule has 0 heterocycles. The summed E-state index contributed by atoms with van der Waals surface area (Å²) in [5.41, 5.74) is 3.06. The molecule has 0 saturated heterocycles. The van der Waals surface area contributed by atoms with Gasteiger partial charge in [-0.1, -0.05) is 19.9 Å². The van der Waals surface area contributed by atoms with Gasteiger partial charge in [-0.05, 0) is 42.0 Å². The van der Waals surface area contributed by atoms with Crippen LogP contribution in [-0.4, -0.2) is 50.2 Å². The second kappa shape index (κ2) is 9.34. The first-order chi connectivity index (χ1) is 13.3. The van der Waals surface area contributed by atoms with Gasteiger partial charge in [0.2, 0.25) is 10.0 Å². The van der Waals surface area contributed by atoms with Gasteiger partial charge in [-0.3, -0.25) is 4.79 Å². The second-order valence-electron chi connectivity index (χ2n) is 5.75. The Morgan fingerprint density at radius 2 is 1.93 bits per heavy atom. The number of hydrogen-bond acceptors (Lipinski definition) is 6. The van der Waals surface area contributed by atoms with E-state index in [2.05, 4.69) is 10.5 Å². The molecule has 0 unspecified atom stereocenters. The van der Waals surface area contributed by atoms with Crippen LogP contribution in [0, 0.1) is 0 Å². The first-order valence-corrected chi connectivity index (χ1v) is 10.1. The molecule has 0 spiro atoms. The van der Waals surface area contributed by atoms with E-state index in [0.717, 1.165) is 0 Å². The zero-order chi connectivity index (χ0) is 20.7. The van der Waals surface area contributed by atoms with Gasteiger partial charge in [0.05, 0.1) is 18.2 Å². The number of sulfonamides is 1. The topological polar surface area (TPSA) is 108 Å². The maximum atomic E-state index is 12.6. The van der Waals surface area contributed by atoms with Crippen molar-refractivity contribution in [3.05, 3.63) is 53.6 Å². The van der Waals surface area contributed by atoms with Crippen molar-refractivity contribution in [3.8, 4) is 11.5 Å². The van der Waals surface area contributed by atoms with E-state index in [1.807, 2.05) is 0 Å². The molecular weight excluding hydrogens is 382 g/mol. The molecule has 0 aliphatic heterocycles. The zero-order valence-corrected chi connectivity index (χ0v) is 16.7. The minimum Gasteiger partial charge on any atom is -0.504 e. The number of carbonyl (C=O) groups excluding carboxylic acids is 1. The molecule has 8 nitrogen and oxygen atoms in total. The van der Waals surface area contributed by atoms with Crippen LogP contribution in [-0.2, 0) is 10.0 Å². The van der Waals surface area contributed by atoms with Gasteiger partial charge in [0.1, 0.15) is 0 Å². The Morgan fingerprint density at radius 1 is 1.21 bits per heavy atom. The van der Waals surface area contributed by atoms with Gasteiger partial charge in [0, 0.05) is 18.7 Å². The molecule has 0 fully saturated rings. The minimum atomic E-state index is -3.66. The first kappa shape index (κ1) is 21.4. The van der Waals surface area contributed by atoms with Gasteiger partial charge in [0.15, 0.2) is 11.5 Å². The Kier molecular flexibility index (Phi) is 7.13. The molecule has 28 heavy (non-hydrogen) atoms. The second-order valence-corrected chi connectivity index (χ2v) is 7.69. The number of amides is 1. The van der Waals surface area contributed by atoms with Gasteiger partial charge in [-0.15, -0.1) is 0 Å². The lowest BCUT2D eigenvalue weighted by atomic mass is 10.2. The number of phenols is 1. The molecule has 1 amide bonds. The summed E-state index contributed by atoms with van der Waals surface area (Å²) in [6.07, 6.45) is 1.35. The fourth-order valence-electron chi connectivity index (χ4n) is 2.53. The van der Waals surface area contributed by atoms with Crippen LogP contribution in [0.25, 0.3) is 0 Å². The van der Waals surface area contributed by atoms with Crippen molar-refractivity contribution in [1.82, 2.24) is 9.73 Å². The van der Waals surface area contributed by atoms with Crippen LogP contribution < -0.4 is 10.2 Å². The van der Waals surface area contributed by atoms with Gasteiger partial charge in [0.25, 0.3) is 5.91 Å². The predicted molar refractivity (Wildman–Crippen MR) is 106 cm³/mol. The summed E-state index contributed by atoms with van der Waals surface area (Å²) in [5, 5.41) is 13.6. The molecule has 0 bridgehead atoms. The summed E-state index contributed by atoms with van der Waals surface area (Å²) in [6, 6.07) is 10.4. The number of ether oxygens (including phenoxy) is 1. The number of rotatable bonds is 8. The molecule has 0 aliphatic rings. The number of carbonyl (C=O) groups is 1. The molecule has 9 heteroatoms. The fraction of sp³-hybridized carbons (Fsp3) is 0.263. The Balaban J connectivity index is 2.14. The molecule has 0 aromatic heterocycles. The van der Waals surface area contributed by atoms with Crippen LogP contribution in [0.1, 0.15) is 29.8 Å². The quantitative estimate of drug-likeness (QED) is 0.517. The van der Waals surface area contributed by atoms with Gasteiger partial charge < -0.3 is 9.84 Å². The van der Waals surface area contributed by atoms with E-state index >= 15 is 0 Å². The Hall–Kier alpha value is -2.91. The number of hydrogen-bond donors (Lipinski definition) is 2. The van der Waals surface area contributed by atoms with E-state index in [0.29, 0.717) is 24.4 Å². The summed E-state index contributed by atoms with van der Waals surface area (Å²) >= 11 is 0. The zero-order valence-electron chi connectivity index (χ0n) is 15.9. The van der Waals surface area contributed by atoms with E-state index in [1.165, 1.54) is 48.0 Å². The molecule has 2 rings (SSSR count). The summed E-state index contributed by atoms with van der Waals surface area (Å²) in [4.78, 5) is 12.3. The summed E-state index contributed by atoms with van der Waals surface area (Å²) in [7, 11) is -2.21. The number of aromatic hydroxyl groups is 1. The highest BCUT2D eigenvalue weighted by Gasteiger charge is 2.22. The highest BCUT2D eigenvalue weighted by molar-refractivity contribution is 7.89. The van der Waals surface area contributed by atoms with Gasteiger partial charge in [-0.2, -0.15) is 9.41 Å². The van der Waals surface area contributed by atoms with Crippen LogP contribution in [0.5, 0.6) is 11.5 Å².